The number of fused-ring (bicyclic) bond motifs is 1. The van der Waals surface area contributed by atoms with E-state index < -0.39 is 0 Å². The molecule has 0 radical (unpaired) electrons. The monoisotopic (exact) mass is 238 g/mol. The average Bonchev–Trinajstić information content (AvgIpc) is 2.79. The van der Waals surface area contributed by atoms with E-state index in [0.717, 1.165) is 16.8 Å². The van der Waals surface area contributed by atoms with Gasteiger partial charge in [0.2, 0.25) is 5.89 Å². The van der Waals surface area contributed by atoms with Crippen LogP contribution in [-0.4, -0.2) is 4.98 Å². The van der Waals surface area contributed by atoms with Gasteiger partial charge < -0.3 is 9.73 Å². The summed E-state index contributed by atoms with van der Waals surface area (Å²) >= 11 is 0. The zero-order chi connectivity index (χ0) is 12.4. The van der Waals surface area contributed by atoms with E-state index in [1.165, 1.54) is 5.56 Å². The average molecular weight is 238 g/mol. The lowest BCUT2D eigenvalue weighted by Gasteiger charge is -2.01. The molecule has 3 heteroatoms. The first-order valence-corrected chi connectivity index (χ1v) is 5.96. The van der Waals surface area contributed by atoms with Crippen LogP contribution in [0.1, 0.15) is 11.5 Å². The lowest BCUT2D eigenvalue weighted by atomic mass is 10.2. The molecular formula is C15H14N2O. The Morgan fingerprint density at radius 1 is 1.11 bits per heavy atom. The minimum absolute atomic E-state index is 0.595. The van der Waals surface area contributed by atoms with Crippen molar-refractivity contribution in [2.75, 3.05) is 5.32 Å². The molecule has 90 valence electrons. The van der Waals surface area contributed by atoms with Gasteiger partial charge in [0.15, 0.2) is 5.58 Å². The third-order valence-corrected chi connectivity index (χ3v) is 2.81. The second-order valence-corrected chi connectivity index (χ2v) is 4.30. The number of aromatic nitrogens is 1. The Morgan fingerprint density at radius 2 is 1.94 bits per heavy atom. The molecule has 1 aromatic heterocycles. The van der Waals surface area contributed by atoms with Crippen molar-refractivity contribution in [1.29, 1.82) is 0 Å². The van der Waals surface area contributed by atoms with Gasteiger partial charge in [0.05, 0.1) is 6.54 Å². The quantitative estimate of drug-likeness (QED) is 0.755. The summed E-state index contributed by atoms with van der Waals surface area (Å²) in [7, 11) is 0. The van der Waals surface area contributed by atoms with Crippen LogP contribution in [0.2, 0.25) is 0 Å². The molecule has 0 saturated carbocycles. The van der Waals surface area contributed by atoms with Crippen LogP contribution in [0.25, 0.3) is 11.1 Å². The van der Waals surface area contributed by atoms with Crippen molar-refractivity contribution in [3.05, 3.63) is 60.0 Å². The molecule has 0 aliphatic rings. The molecule has 3 nitrogen and oxygen atoms in total. The molecule has 18 heavy (non-hydrogen) atoms. The normalized spacial score (nSPS) is 10.7. The molecule has 0 saturated heterocycles. The molecule has 3 rings (SSSR count). The van der Waals surface area contributed by atoms with Gasteiger partial charge in [-0.3, -0.25) is 0 Å². The van der Waals surface area contributed by atoms with E-state index in [-0.39, 0.29) is 0 Å². The predicted molar refractivity (Wildman–Crippen MR) is 72.5 cm³/mol. The highest BCUT2D eigenvalue weighted by atomic mass is 16.3. The molecule has 0 aliphatic carbocycles. The van der Waals surface area contributed by atoms with Gasteiger partial charge in [0.1, 0.15) is 5.52 Å². The van der Waals surface area contributed by atoms with Crippen molar-refractivity contribution in [3.8, 4) is 0 Å². The summed E-state index contributed by atoms with van der Waals surface area (Å²) in [4.78, 5) is 4.44. The lowest BCUT2D eigenvalue weighted by molar-refractivity contribution is 0.540. The smallest absolute Gasteiger partial charge is 0.214 e. The molecule has 2 aromatic carbocycles. The van der Waals surface area contributed by atoms with Crippen molar-refractivity contribution in [2.45, 2.75) is 13.5 Å². The van der Waals surface area contributed by atoms with Crippen LogP contribution >= 0.6 is 0 Å². The van der Waals surface area contributed by atoms with Gasteiger partial charge in [0, 0.05) is 5.69 Å². The van der Waals surface area contributed by atoms with E-state index >= 15 is 0 Å². The minimum Gasteiger partial charge on any atom is -0.439 e. The van der Waals surface area contributed by atoms with Crippen LogP contribution in [0.4, 0.5) is 5.69 Å². The zero-order valence-electron chi connectivity index (χ0n) is 10.2. The molecule has 0 aliphatic heterocycles. The second-order valence-electron chi connectivity index (χ2n) is 4.30. The van der Waals surface area contributed by atoms with Gasteiger partial charge in [-0.1, -0.05) is 24.3 Å². The minimum atomic E-state index is 0.595. The maximum absolute atomic E-state index is 5.70. The van der Waals surface area contributed by atoms with Gasteiger partial charge in [-0.15, -0.1) is 0 Å². The third kappa shape index (κ3) is 2.20. The summed E-state index contributed by atoms with van der Waals surface area (Å²) in [5.41, 5.74) is 4.00. The second kappa shape index (κ2) is 4.53. The van der Waals surface area contributed by atoms with Crippen LogP contribution in [0.3, 0.4) is 0 Å². The summed E-state index contributed by atoms with van der Waals surface area (Å²) in [5, 5.41) is 3.28. The number of nitrogens with zero attached hydrogens (tertiary/aromatic N) is 1. The standard InChI is InChI=1S/C15H14N2O/c1-11-7-8-13-14(9-11)18-15(17-13)10-16-12-5-3-2-4-6-12/h2-9,16H,10H2,1H3. The number of para-hydroxylation sites is 1. The maximum Gasteiger partial charge on any atom is 0.214 e. The molecule has 0 bridgehead atoms. The van der Waals surface area contributed by atoms with E-state index in [9.17, 15) is 0 Å². The SMILES string of the molecule is Cc1ccc2nc(CNc3ccccc3)oc2c1. The Bertz CT molecular complexity index is 659. The number of aryl methyl sites for hydroxylation is 1. The van der Waals surface area contributed by atoms with Gasteiger partial charge in [0.25, 0.3) is 0 Å². The number of oxazole rings is 1. The molecule has 1 heterocycles. The van der Waals surface area contributed by atoms with Crippen molar-refractivity contribution < 1.29 is 4.42 Å². The fraction of sp³-hybridized carbons (Fsp3) is 0.133. The molecular weight excluding hydrogens is 224 g/mol. The fourth-order valence-corrected chi connectivity index (χ4v) is 1.89. The number of rotatable bonds is 3. The summed E-state index contributed by atoms with van der Waals surface area (Å²) in [6.07, 6.45) is 0. The first kappa shape index (κ1) is 10.8. The van der Waals surface area contributed by atoms with E-state index in [1.54, 1.807) is 0 Å². The Morgan fingerprint density at radius 3 is 2.78 bits per heavy atom. The largest absolute Gasteiger partial charge is 0.439 e. The maximum atomic E-state index is 5.70. The van der Waals surface area contributed by atoms with E-state index in [2.05, 4.69) is 10.3 Å². The van der Waals surface area contributed by atoms with Gasteiger partial charge in [-0.05, 0) is 36.8 Å². The Hall–Kier alpha value is -2.29. The number of benzene rings is 2. The predicted octanol–water partition coefficient (Wildman–Crippen LogP) is 3.75. The first-order valence-electron chi connectivity index (χ1n) is 5.96. The Labute approximate surface area is 105 Å². The van der Waals surface area contributed by atoms with Crippen LogP contribution < -0.4 is 5.32 Å². The summed E-state index contributed by atoms with van der Waals surface area (Å²) in [6, 6.07) is 16.1. The third-order valence-electron chi connectivity index (χ3n) is 2.81. The van der Waals surface area contributed by atoms with Gasteiger partial charge in [-0.25, -0.2) is 4.98 Å². The van der Waals surface area contributed by atoms with Crippen LogP contribution in [-0.2, 0) is 6.54 Å². The van der Waals surface area contributed by atoms with Crippen molar-refractivity contribution in [3.63, 3.8) is 0 Å². The Kier molecular flexibility index (Phi) is 2.73. The number of hydrogen-bond acceptors (Lipinski definition) is 3. The van der Waals surface area contributed by atoms with Crippen molar-refractivity contribution >= 4 is 16.8 Å². The molecule has 0 unspecified atom stereocenters. The van der Waals surface area contributed by atoms with Crippen LogP contribution in [0.5, 0.6) is 0 Å². The summed E-state index contributed by atoms with van der Waals surface area (Å²) < 4.78 is 5.70. The van der Waals surface area contributed by atoms with E-state index in [1.807, 2.05) is 55.5 Å². The highest BCUT2D eigenvalue weighted by Crippen LogP contribution is 2.17. The molecule has 0 spiro atoms. The van der Waals surface area contributed by atoms with Crippen molar-refractivity contribution in [2.24, 2.45) is 0 Å². The number of hydrogen-bond donors (Lipinski definition) is 1. The molecule has 1 N–H and O–H groups in total. The molecule has 3 aromatic rings. The van der Waals surface area contributed by atoms with Gasteiger partial charge in [-0.2, -0.15) is 0 Å². The highest BCUT2D eigenvalue weighted by Gasteiger charge is 2.05. The van der Waals surface area contributed by atoms with Crippen LogP contribution in [0, 0.1) is 6.92 Å². The highest BCUT2D eigenvalue weighted by molar-refractivity contribution is 5.73. The topological polar surface area (TPSA) is 38.1 Å². The first-order chi connectivity index (χ1) is 8.81. The number of anilines is 1. The Balaban J connectivity index is 1.79. The molecule has 0 fully saturated rings. The van der Waals surface area contributed by atoms with Crippen LogP contribution in [0.15, 0.2) is 52.9 Å². The van der Waals surface area contributed by atoms with Gasteiger partial charge >= 0.3 is 0 Å². The summed E-state index contributed by atoms with van der Waals surface area (Å²) in [6.45, 7) is 2.64. The molecule has 0 atom stereocenters. The fourth-order valence-electron chi connectivity index (χ4n) is 1.89. The number of nitrogens with one attached hydrogen (secondary N) is 1. The zero-order valence-corrected chi connectivity index (χ0v) is 10.2. The van der Waals surface area contributed by atoms with E-state index in [0.29, 0.717) is 12.4 Å². The van der Waals surface area contributed by atoms with E-state index in [4.69, 9.17) is 4.42 Å². The lowest BCUT2D eigenvalue weighted by Crippen LogP contribution is -1.98. The molecule has 0 amide bonds. The van der Waals surface area contributed by atoms with Crippen molar-refractivity contribution in [1.82, 2.24) is 4.98 Å². The summed E-state index contributed by atoms with van der Waals surface area (Å²) in [5.74, 6) is 0.708.